The highest BCUT2D eigenvalue weighted by Gasteiger charge is 1.88. The first-order valence-electron chi connectivity index (χ1n) is 3.95. The van der Waals surface area contributed by atoms with Gasteiger partial charge < -0.3 is 5.11 Å². The lowest BCUT2D eigenvalue weighted by Crippen LogP contribution is -1.97. The Kier molecular flexibility index (Phi) is 6.75. The molecule has 62 valence electrons. The molecule has 0 saturated heterocycles. The Morgan fingerprint density at radius 3 is 2.36 bits per heavy atom. The van der Waals surface area contributed by atoms with Crippen molar-refractivity contribution in [1.82, 2.24) is 0 Å². The van der Waals surface area contributed by atoms with Crippen molar-refractivity contribution >= 4 is 0 Å². The van der Waals surface area contributed by atoms with Gasteiger partial charge in [0.15, 0.2) is 0 Å². The molecule has 0 aliphatic heterocycles. The molecule has 0 spiro atoms. The topological polar surface area (TPSA) is 20.2 Å². The molecule has 1 atom stereocenters. The summed E-state index contributed by atoms with van der Waals surface area (Å²) in [7, 11) is 0. The predicted molar refractivity (Wildman–Crippen MR) is 49.4 cm³/mol. The lowest BCUT2D eigenvalue weighted by Gasteiger charge is -1.95. The number of aliphatic hydroxyl groups is 1. The van der Waals surface area contributed by atoms with Crippen LogP contribution in [-0.4, -0.2) is 11.2 Å². The van der Waals surface area contributed by atoms with Crippen LogP contribution in [0.1, 0.15) is 20.3 Å². The fraction of sp³-hybridized carbons (Fsp3) is 0.400. The number of rotatable bonds is 4. The average Bonchev–Trinajstić information content (AvgIpc) is 2.04. The van der Waals surface area contributed by atoms with Gasteiger partial charge in [0.25, 0.3) is 0 Å². The molecule has 0 fully saturated rings. The molecule has 1 unspecified atom stereocenters. The van der Waals surface area contributed by atoms with Crippen LogP contribution in [0.4, 0.5) is 0 Å². The summed E-state index contributed by atoms with van der Waals surface area (Å²) in [6.45, 7) is 3.92. The molecule has 0 radical (unpaired) electrons. The number of hydrogen-bond acceptors (Lipinski definition) is 1. The fourth-order valence-electron chi connectivity index (χ4n) is 0.568. The van der Waals surface area contributed by atoms with Gasteiger partial charge in [0.2, 0.25) is 0 Å². The Bertz CT molecular complexity index is 154. The molecule has 0 rings (SSSR count). The first kappa shape index (κ1) is 10.2. The van der Waals surface area contributed by atoms with Crippen LogP contribution in [-0.2, 0) is 0 Å². The van der Waals surface area contributed by atoms with Crippen molar-refractivity contribution in [3.05, 3.63) is 36.5 Å². The molecule has 1 heteroatoms. The highest BCUT2D eigenvalue weighted by molar-refractivity contribution is 5.11. The summed E-state index contributed by atoms with van der Waals surface area (Å²) in [5.41, 5.74) is 0. The first-order chi connectivity index (χ1) is 5.31. The van der Waals surface area contributed by atoms with Crippen LogP contribution >= 0.6 is 0 Å². The minimum atomic E-state index is -0.301. The van der Waals surface area contributed by atoms with Crippen LogP contribution in [0.25, 0.3) is 0 Å². The van der Waals surface area contributed by atoms with E-state index >= 15 is 0 Å². The molecule has 0 aromatic carbocycles. The Morgan fingerprint density at radius 1 is 1.18 bits per heavy atom. The van der Waals surface area contributed by atoms with Crippen LogP contribution in [0.5, 0.6) is 0 Å². The normalized spacial score (nSPS) is 15.5. The monoisotopic (exact) mass is 152 g/mol. The Morgan fingerprint density at radius 2 is 1.82 bits per heavy atom. The van der Waals surface area contributed by atoms with Crippen LogP contribution in [0.3, 0.4) is 0 Å². The number of aliphatic hydroxyl groups excluding tert-OH is 1. The molecule has 0 heterocycles. The lowest BCUT2D eigenvalue weighted by molar-refractivity contribution is 0.219. The highest BCUT2D eigenvalue weighted by atomic mass is 16.3. The van der Waals surface area contributed by atoms with Crippen LogP contribution in [0.2, 0.25) is 0 Å². The first-order valence-corrected chi connectivity index (χ1v) is 3.95. The van der Waals surface area contributed by atoms with Crippen molar-refractivity contribution < 1.29 is 5.11 Å². The Hall–Kier alpha value is -0.820. The average molecular weight is 152 g/mol. The summed E-state index contributed by atoms with van der Waals surface area (Å²) in [5, 5.41) is 9.08. The molecular weight excluding hydrogens is 136 g/mol. The second-order valence-corrected chi connectivity index (χ2v) is 2.27. The summed E-state index contributed by atoms with van der Waals surface area (Å²) in [6, 6.07) is 0. The van der Waals surface area contributed by atoms with Gasteiger partial charge >= 0.3 is 0 Å². The molecule has 11 heavy (non-hydrogen) atoms. The minimum absolute atomic E-state index is 0.301. The standard InChI is InChI=1S/C10H16O/c1-3-5-6-7-8-9-10(11)4-2/h3,5-11H,4H2,1-2H3. The zero-order valence-corrected chi connectivity index (χ0v) is 7.20. The van der Waals surface area contributed by atoms with Crippen molar-refractivity contribution in [3.8, 4) is 0 Å². The van der Waals surface area contributed by atoms with E-state index in [4.69, 9.17) is 5.11 Å². The van der Waals surface area contributed by atoms with E-state index < -0.39 is 0 Å². The van der Waals surface area contributed by atoms with Crippen molar-refractivity contribution in [2.75, 3.05) is 0 Å². The van der Waals surface area contributed by atoms with Gasteiger partial charge in [-0.05, 0) is 13.3 Å². The van der Waals surface area contributed by atoms with E-state index in [1.807, 2.05) is 44.2 Å². The minimum Gasteiger partial charge on any atom is -0.389 e. The summed E-state index contributed by atoms with van der Waals surface area (Å²) < 4.78 is 0. The zero-order chi connectivity index (χ0) is 8.53. The summed E-state index contributed by atoms with van der Waals surface area (Å²) in [6.07, 6.45) is 11.8. The van der Waals surface area contributed by atoms with E-state index in [2.05, 4.69) is 0 Å². The molecule has 0 saturated carbocycles. The van der Waals surface area contributed by atoms with E-state index in [0.29, 0.717) is 0 Å². The van der Waals surface area contributed by atoms with Gasteiger partial charge in [-0.3, -0.25) is 0 Å². The summed E-state index contributed by atoms with van der Waals surface area (Å²) >= 11 is 0. The maximum Gasteiger partial charge on any atom is 0.0721 e. The maximum atomic E-state index is 9.08. The Balaban J connectivity index is 3.58. The second kappa shape index (κ2) is 7.29. The molecule has 0 aliphatic carbocycles. The van der Waals surface area contributed by atoms with E-state index in [-0.39, 0.29) is 6.10 Å². The zero-order valence-electron chi connectivity index (χ0n) is 7.20. The van der Waals surface area contributed by atoms with Crippen molar-refractivity contribution in [3.63, 3.8) is 0 Å². The van der Waals surface area contributed by atoms with E-state index in [1.165, 1.54) is 0 Å². The molecule has 0 bridgehead atoms. The maximum absolute atomic E-state index is 9.08. The van der Waals surface area contributed by atoms with Crippen LogP contribution in [0, 0.1) is 0 Å². The summed E-state index contributed by atoms with van der Waals surface area (Å²) in [5.74, 6) is 0. The van der Waals surface area contributed by atoms with Gasteiger partial charge in [-0.1, -0.05) is 43.4 Å². The van der Waals surface area contributed by atoms with Gasteiger partial charge in [0.05, 0.1) is 6.10 Å². The fourth-order valence-corrected chi connectivity index (χ4v) is 0.568. The molecule has 0 aliphatic rings. The molecule has 1 nitrogen and oxygen atoms in total. The molecule has 0 aromatic rings. The van der Waals surface area contributed by atoms with Crippen molar-refractivity contribution in [2.24, 2.45) is 0 Å². The predicted octanol–water partition coefficient (Wildman–Crippen LogP) is 2.45. The number of allylic oxidation sites excluding steroid dienone is 5. The molecule has 0 amide bonds. The summed E-state index contributed by atoms with van der Waals surface area (Å²) in [4.78, 5) is 0. The quantitative estimate of drug-likeness (QED) is 0.613. The molecular formula is C10H16O. The Labute approximate surface area is 68.7 Å². The third-order valence-corrected chi connectivity index (χ3v) is 1.28. The van der Waals surface area contributed by atoms with Crippen LogP contribution in [0.15, 0.2) is 36.5 Å². The third kappa shape index (κ3) is 7.07. The second-order valence-electron chi connectivity index (χ2n) is 2.27. The van der Waals surface area contributed by atoms with Crippen molar-refractivity contribution in [1.29, 1.82) is 0 Å². The van der Waals surface area contributed by atoms with Gasteiger partial charge in [0.1, 0.15) is 0 Å². The third-order valence-electron chi connectivity index (χ3n) is 1.28. The van der Waals surface area contributed by atoms with E-state index in [1.54, 1.807) is 6.08 Å². The highest BCUT2D eigenvalue weighted by Crippen LogP contribution is 1.91. The van der Waals surface area contributed by atoms with E-state index in [9.17, 15) is 0 Å². The molecule has 0 aromatic heterocycles. The van der Waals surface area contributed by atoms with E-state index in [0.717, 1.165) is 6.42 Å². The van der Waals surface area contributed by atoms with Gasteiger partial charge in [-0.15, -0.1) is 0 Å². The largest absolute Gasteiger partial charge is 0.389 e. The van der Waals surface area contributed by atoms with Crippen LogP contribution < -0.4 is 0 Å². The van der Waals surface area contributed by atoms with Gasteiger partial charge in [-0.25, -0.2) is 0 Å². The molecule has 1 N–H and O–H groups in total. The van der Waals surface area contributed by atoms with Gasteiger partial charge in [-0.2, -0.15) is 0 Å². The SMILES string of the molecule is CC=CC=CC=CC(O)CC. The smallest absolute Gasteiger partial charge is 0.0721 e. The van der Waals surface area contributed by atoms with Crippen molar-refractivity contribution in [2.45, 2.75) is 26.4 Å². The van der Waals surface area contributed by atoms with Gasteiger partial charge in [0, 0.05) is 0 Å². The number of hydrogen-bond donors (Lipinski definition) is 1. The lowest BCUT2D eigenvalue weighted by atomic mass is 10.2.